The lowest BCUT2D eigenvalue weighted by Crippen LogP contribution is -2.41. The summed E-state index contributed by atoms with van der Waals surface area (Å²) >= 11 is 5.89. The van der Waals surface area contributed by atoms with E-state index in [9.17, 15) is 4.79 Å². The van der Waals surface area contributed by atoms with Crippen LogP contribution in [0.2, 0.25) is 0 Å². The van der Waals surface area contributed by atoms with Crippen molar-refractivity contribution in [1.82, 2.24) is 0 Å². The molecule has 0 saturated heterocycles. The molecule has 1 aliphatic carbocycles. The first-order valence-corrected chi connectivity index (χ1v) is 4.56. The Balaban J connectivity index is 2.50. The van der Waals surface area contributed by atoms with E-state index in [4.69, 9.17) is 17.3 Å². The molecule has 1 aliphatic rings. The van der Waals surface area contributed by atoms with E-state index in [1.54, 1.807) is 0 Å². The van der Waals surface area contributed by atoms with E-state index in [0.29, 0.717) is 6.42 Å². The monoisotopic (exact) mass is 191 g/mol. The molecule has 0 amide bonds. The van der Waals surface area contributed by atoms with E-state index in [1.807, 2.05) is 0 Å². The standard InChI is InChI=1S/C8H14ClNO2/c1-12-8(11)6-3-2-5(9)4-7(6)10/h5-7H,2-4,10H2,1H3. The number of methoxy groups -OCH3 is 1. The van der Waals surface area contributed by atoms with Gasteiger partial charge in [-0.15, -0.1) is 11.6 Å². The summed E-state index contributed by atoms with van der Waals surface area (Å²) < 4.78 is 4.63. The number of rotatable bonds is 1. The van der Waals surface area contributed by atoms with Crippen LogP contribution >= 0.6 is 11.6 Å². The molecule has 0 heterocycles. The summed E-state index contributed by atoms with van der Waals surface area (Å²) in [5, 5.41) is 0.126. The van der Waals surface area contributed by atoms with Crippen molar-refractivity contribution in [3.05, 3.63) is 0 Å². The van der Waals surface area contributed by atoms with Crippen LogP contribution in [0.4, 0.5) is 0 Å². The summed E-state index contributed by atoms with van der Waals surface area (Å²) in [6.07, 6.45) is 2.32. The lowest BCUT2D eigenvalue weighted by molar-refractivity contribution is -0.147. The van der Waals surface area contributed by atoms with Gasteiger partial charge in [0.15, 0.2) is 0 Å². The molecule has 3 nitrogen and oxygen atoms in total. The number of esters is 1. The van der Waals surface area contributed by atoms with E-state index >= 15 is 0 Å². The Morgan fingerprint density at radius 1 is 1.58 bits per heavy atom. The number of carbonyl (C=O) groups excluding carboxylic acids is 1. The number of hydrogen-bond acceptors (Lipinski definition) is 3. The van der Waals surface area contributed by atoms with Gasteiger partial charge in [-0.05, 0) is 19.3 Å². The Morgan fingerprint density at radius 3 is 2.75 bits per heavy atom. The molecular formula is C8H14ClNO2. The van der Waals surface area contributed by atoms with Gasteiger partial charge in [0, 0.05) is 11.4 Å². The van der Waals surface area contributed by atoms with Crippen LogP contribution in [0.25, 0.3) is 0 Å². The van der Waals surface area contributed by atoms with Crippen LogP contribution in [0.5, 0.6) is 0 Å². The molecule has 0 bridgehead atoms. The zero-order valence-electron chi connectivity index (χ0n) is 7.13. The molecule has 0 radical (unpaired) electrons. The molecule has 3 atom stereocenters. The van der Waals surface area contributed by atoms with Crippen LogP contribution in [-0.2, 0) is 9.53 Å². The zero-order valence-corrected chi connectivity index (χ0v) is 7.88. The third-order valence-corrected chi connectivity index (χ3v) is 2.74. The molecule has 3 unspecified atom stereocenters. The predicted octanol–water partition coefficient (Wildman–Crippen LogP) is 0.894. The quantitative estimate of drug-likeness (QED) is 0.495. The second-order valence-corrected chi connectivity index (χ2v) is 3.82. The van der Waals surface area contributed by atoms with Gasteiger partial charge in [-0.1, -0.05) is 0 Å². The summed E-state index contributed by atoms with van der Waals surface area (Å²) in [7, 11) is 1.39. The van der Waals surface area contributed by atoms with Crippen molar-refractivity contribution in [3.63, 3.8) is 0 Å². The fraction of sp³-hybridized carbons (Fsp3) is 0.875. The van der Waals surface area contributed by atoms with Crippen molar-refractivity contribution >= 4 is 17.6 Å². The van der Waals surface area contributed by atoms with Gasteiger partial charge < -0.3 is 10.5 Å². The molecule has 0 aromatic heterocycles. The molecule has 2 N–H and O–H groups in total. The van der Waals surface area contributed by atoms with E-state index in [1.165, 1.54) is 7.11 Å². The average molecular weight is 192 g/mol. The first-order chi connectivity index (χ1) is 5.65. The minimum absolute atomic E-state index is 0.126. The first kappa shape index (κ1) is 9.81. The summed E-state index contributed by atoms with van der Waals surface area (Å²) in [6.45, 7) is 0. The molecule has 70 valence electrons. The Bertz CT molecular complexity index is 174. The maximum Gasteiger partial charge on any atom is 0.310 e. The number of hydrogen-bond donors (Lipinski definition) is 1. The van der Waals surface area contributed by atoms with E-state index in [2.05, 4.69) is 4.74 Å². The highest BCUT2D eigenvalue weighted by Gasteiger charge is 2.32. The lowest BCUT2D eigenvalue weighted by atomic mass is 9.85. The molecule has 0 aromatic rings. The summed E-state index contributed by atoms with van der Waals surface area (Å²) in [5.74, 6) is -0.351. The van der Waals surface area contributed by atoms with Crippen molar-refractivity contribution in [2.24, 2.45) is 11.7 Å². The molecule has 1 fully saturated rings. The Labute approximate surface area is 77.2 Å². The fourth-order valence-corrected chi connectivity index (χ4v) is 1.93. The third-order valence-electron chi connectivity index (χ3n) is 2.34. The van der Waals surface area contributed by atoms with Crippen molar-refractivity contribution in [1.29, 1.82) is 0 Å². The molecule has 0 spiro atoms. The minimum Gasteiger partial charge on any atom is -0.469 e. The van der Waals surface area contributed by atoms with Gasteiger partial charge in [-0.2, -0.15) is 0 Å². The molecule has 12 heavy (non-hydrogen) atoms. The van der Waals surface area contributed by atoms with Crippen molar-refractivity contribution in [3.8, 4) is 0 Å². The topological polar surface area (TPSA) is 52.3 Å². The second kappa shape index (κ2) is 4.10. The van der Waals surface area contributed by atoms with E-state index in [0.717, 1.165) is 12.8 Å². The number of halogens is 1. The van der Waals surface area contributed by atoms with Crippen LogP contribution < -0.4 is 5.73 Å². The normalized spacial score (nSPS) is 36.1. The van der Waals surface area contributed by atoms with Gasteiger partial charge in [0.05, 0.1) is 13.0 Å². The van der Waals surface area contributed by atoms with Crippen LogP contribution in [-0.4, -0.2) is 24.5 Å². The lowest BCUT2D eigenvalue weighted by Gasteiger charge is -2.29. The highest BCUT2D eigenvalue weighted by atomic mass is 35.5. The van der Waals surface area contributed by atoms with Crippen LogP contribution in [0.1, 0.15) is 19.3 Å². The average Bonchev–Trinajstić information content (AvgIpc) is 2.03. The second-order valence-electron chi connectivity index (χ2n) is 3.20. The minimum atomic E-state index is -0.203. The van der Waals surface area contributed by atoms with Gasteiger partial charge >= 0.3 is 5.97 Å². The molecule has 1 saturated carbocycles. The Morgan fingerprint density at radius 2 is 2.25 bits per heavy atom. The summed E-state index contributed by atoms with van der Waals surface area (Å²) in [4.78, 5) is 11.1. The highest BCUT2D eigenvalue weighted by Crippen LogP contribution is 2.27. The summed E-state index contributed by atoms with van der Waals surface area (Å²) in [6, 6.07) is -0.131. The Hall–Kier alpha value is -0.280. The number of nitrogens with two attached hydrogens (primary N) is 1. The van der Waals surface area contributed by atoms with Crippen molar-refractivity contribution in [2.45, 2.75) is 30.7 Å². The van der Waals surface area contributed by atoms with Crippen LogP contribution in [0.3, 0.4) is 0 Å². The maximum atomic E-state index is 11.1. The molecular weight excluding hydrogens is 178 g/mol. The van der Waals surface area contributed by atoms with E-state index in [-0.39, 0.29) is 23.3 Å². The molecule has 1 rings (SSSR count). The smallest absolute Gasteiger partial charge is 0.310 e. The summed E-state index contributed by atoms with van der Waals surface area (Å²) in [5.41, 5.74) is 5.76. The molecule has 0 aromatic carbocycles. The van der Waals surface area contributed by atoms with Crippen molar-refractivity contribution in [2.75, 3.05) is 7.11 Å². The molecule has 4 heteroatoms. The zero-order chi connectivity index (χ0) is 9.14. The first-order valence-electron chi connectivity index (χ1n) is 4.12. The van der Waals surface area contributed by atoms with E-state index < -0.39 is 0 Å². The van der Waals surface area contributed by atoms with Gasteiger partial charge in [0.1, 0.15) is 0 Å². The predicted molar refractivity (Wildman–Crippen MR) is 47.0 cm³/mol. The molecule has 0 aliphatic heterocycles. The SMILES string of the molecule is COC(=O)C1CCC(Cl)CC1N. The van der Waals surface area contributed by atoms with Gasteiger partial charge in [0.2, 0.25) is 0 Å². The fourth-order valence-electron chi connectivity index (χ4n) is 1.60. The van der Waals surface area contributed by atoms with Gasteiger partial charge in [-0.3, -0.25) is 4.79 Å². The van der Waals surface area contributed by atoms with Crippen molar-refractivity contribution < 1.29 is 9.53 Å². The largest absolute Gasteiger partial charge is 0.469 e. The van der Waals surface area contributed by atoms with Gasteiger partial charge in [0.25, 0.3) is 0 Å². The van der Waals surface area contributed by atoms with Gasteiger partial charge in [-0.25, -0.2) is 0 Å². The Kier molecular flexibility index (Phi) is 3.35. The maximum absolute atomic E-state index is 11.1. The number of alkyl halides is 1. The van der Waals surface area contributed by atoms with Crippen LogP contribution in [0, 0.1) is 5.92 Å². The highest BCUT2D eigenvalue weighted by molar-refractivity contribution is 6.20. The third kappa shape index (κ3) is 2.11. The van der Waals surface area contributed by atoms with Crippen LogP contribution in [0.15, 0.2) is 0 Å². The number of ether oxygens (including phenoxy) is 1. The number of carbonyl (C=O) groups is 1.